The summed E-state index contributed by atoms with van der Waals surface area (Å²) in [5, 5.41) is 3.53. The Kier molecular flexibility index (Phi) is 2.21. The Bertz CT molecular complexity index is 288. The van der Waals surface area contributed by atoms with Crippen LogP contribution < -0.4 is 5.32 Å². The number of hydrogen-bond donors (Lipinski definition) is 1. The van der Waals surface area contributed by atoms with Gasteiger partial charge in [0.15, 0.2) is 0 Å². The monoisotopic (exact) mass is 189 g/mol. The van der Waals surface area contributed by atoms with E-state index in [1.165, 1.54) is 45.2 Å². The summed E-state index contributed by atoms with van der Waals surface area (Å²) in [4.78, 5) is 0. The van der Waals surface area contributed by atoms with Gasteiger partial charge in [-0.15, -0.1) is 0 Å². The van der Waals surface area contributed by atoms with Crippen LogP contribution in [0.25, 0.3) is 0 Å². The zero-order chi connectivity index (χ0) is 9.38. The van der Waals surface area contributed by atoms with Gasteiger partial charge in [0.25, 0.3) is 0 Å². The minimum atomic E-state index is 0.900. The fourth-order valence-electron chi connectivity index (χ4n) is 3.36. The Morgan fingerprint density at radius 2 is 2.07 bits per heavy atom. The van der Waals surface area contributed by atoms with Gasteiger partial charge in [0.1, 0.15) is 0 Å². The van der Waals surface area contributed by atoms with Crippen LogP contribution in [0.5, 0.6) is 0 Å². The SMILES string of the molecule is C1=C2CCC3CNCCC3C2=CCC1. The lowest BCUT2D eigenvalue weighted by Gasteiger charge is -2.40. The number of piperidine rings is 1. The molecule has 76 valence electrons. The lowest BCUT2D eigenvalue weighted by molar-refractivity contribution is 0.257. The first-order chi connectivity index (χ1) is 6.95. The standard InChI is InChI=1S/C13H19N/c1-2-4-12-10(3-1)5-6-11-9-14-8-7-13(11)12/h3-4,11,13-14H,1-2,5-9H2. The summed E-state index contributed by atoms with van der Waals surface area (Å²) < 4.78 is 0. The Hall–Kier alpha value is -0.560. The molecule has 2 atom stereocenters. The average molecular weight is 189 g/mol. The van der Waals surface area contributed by atoms with Crippen molar-refractivity contribution in [1.29, 1.82) is 0 Å². The van der Waals surface area contributed by atoms with Crippen molar-refractivity contribution in [3.8, 4) is 0 Å². The molecule has 0 aromatic heterocycles. The Morgan fingerprint density at radius 1 is 1.14 bits per heavy atom. The first-order valence-electron chi connectivity index (χ1n) is 6.05. The maximum absolute atomic E-state index is 3.53. The zero-order valence-electron chi connectivity index (χ0n) is 8.76. The van der Waals surface area contributed by atoms with Crippen molar-refractivity contribution >= 4 is 0 Å². The third kappa shape index (κ3) is 1.35. The van der Waals surface area contributed by atoms with Crippen LogP contribution >= 0.6 is 0 Å². The molecule has 1 heteroatoms. The Morgan fingerprint density at radius 3 is 3.07 bits per heavy atom. The second kappa shape index (κ2) is 3.54. The second-order valence-corrected chi connectivity index (χ2v) is 4.86. The summed E-state index contributed by atoms with van der Waals surface area (Å²) in [6.45, 7) is 2.49. The van der Waals surface area contributed by atoms with Gasteiger partial charge in [0.05, 0.1) is 0 Å². The highest BCUT2D eigenvalue weighted by Crippen LogP contribution is 2.42. The summed E-state index contributed by atoms with van der Waals surface area (Å²) >= 11 is 0. The molecule has 0 aromatic carbocycles. The van der Waals surface area contributed by atoms with Crippen molar-refractivity contribution in [3.05, 3.63) is 23.3 Å². The highest BCUT2D eigenvalue weighted by Gasteiger charge is 2.33. The highest BCUT2D eigenvalue weighted by atomic mass is 14.9. The molecule has 2 aliphatic carbocycles. The summed E-state index contributed by atoms with van der Waals surface area (Å²) in [7, 11) is 0. The second-order valence-electron chi connectivity index (χ2n) is 4.86. The third-order valence-electron chi connectivity index (χ3n) is 4.08. The van der Waals surface area contributed by atoms with E-state index in [2.05, 4.69) is 17.5 Å². The van der Waals surface area contributed by atoms with Gasteiger partial charge in [-0.2, -0.15) is 0 Å². The highest BCUT2D eigenvalue weighted by molar-refractivity contribution is 5.38. The van der Waals surface area contributed by atoms with Gasteiger partial charge in [0.2, 0.25) is 0 Å². The number of allylic oxidation sites excluding steroid dienone is 4. The largest absolute Gasteiger partial charge is 0.316 e. The molecule has 1 aliphatic heterocycles. The maximum atomic E-state index is 3.53. The molecule has 1 saturated heterocycles. The van der Waals surface area contributed by atoms with Crippen molar-refractivity contribution in [1.82, 2.24) is 5.32 Å². The van der Waals surface area contributed by atoms with Gasteiger partial charge in [-0.1, -0.05) is 12.2 Å². The van der Waals surface area contributed by atoms with E-state index in [9.17, 15) is 0 Å². The van der Waals surface area contributed by atoms with E-state index >= 15 is 0 Å². The van der Waals surface area contributed by atoms with Crippen molar-refractivity contribution in [2.75, 3.05) is 13.1 Å². The number of nitrogens with one attached hydrogen (secondary N) is 1. The summed E-state index contributed by atoms with van der Waals surface area (Å²) in [6.07, 6.45) is 11.7. The fourth-order valence-corrected chi connectivity index (χ4v) is 3.36. The Balaban J connectivity index is 1.88. The number of fused-ring (bicyclic) bond motifs is 3. The molecule has 0 spiro atoms. The smallest absolute Gasteiger partial charge is 0.00145 e. The molecular weight excluding hydrogens is 170 g/mol. The van der Waals surface area contributed by atoms with Gasteiger partial charge in [-0.3, -0.25) is 0 Å². The van der Waals surface area contributed by atoms with Crippen LogP contribution in [0.2, 0.25) is 0 Å². The molecule has 2 unspecified atom stereocenters. The van der Waals surface area contributed by atoms with E-state index < -0.39 is 0 Å². The molecule has 0 radical (unpaired) electrons. The van der Waals surface area contributed by atoms with Gasteiger partial charge >= 0.3 is 0 Å². The molecule has 14 heavy (non-hydrogen) atoms. The molecule has 0 aromatic rings. The van der Waals surface area contributed by atoms with Crippen molar-refractivity contribution in [3.63, 3.8) is 0 Å². The van der Waals surface area contributed by atoms with Crippen LogP contribution in [0.1, 0.15) is 32.1 Å². The predicted molar refractivity (Wildman–Crippen MR) is 59.1 cm³/mol. The minimum Gasteiger partial charge on any atom is -0.316 e. The number of hydrogen-bond acceptors (Lipinski definition) is 1. The topological polar surface area (TPSA) is 12.0 Å². The molecule has 0 bridgehead atoms. The van der Waals surface area contributed by atoms with E-state index in [1.807, 2.05) is 0 Å². The zero-order valence-corrected chi connectivity index (χ0v) is 8.76. The maximum Gasteiger partial charge on any atom is -0.00145 e. The molecule has 1 saturated carbocycles. The van der Waals surface area contributed by atoms with E-state index in [1.54, 1.807) is 11.1 Å². The normalized spacial score (nSPS) is 36.6. The van der Waals surface area contributed by atoms with Crippen LogP contribution in [-0.2, 0) is 0 Å². The average Bonchev–Trinajstić information content (AvgIpc) is 2.29. The van der Waals surface area contributed by atoms with Crippen LogP contribution in [0, 0.1) is 11.8 Å². The van der Waals surface area contributed by atoms with Gasteiger partial charge in [-0.25, -0.2) is 0 Å². The molecular formula is C13H19N. The summed E-state index contributed by atoms with van der Waals surface area (Å²) in [6, 6.07) is 0. The first kappa shape index (κ1) is 8.72. The fraction of sp³-hybridized carbons (Fsp3) is 0.692. The molecule has 1 heterocycles. The van der Waals surface area contributed by atoms with E-state index in [0.717, 1.165) is 11.8 Å². The summed E-state index contributed by atoms with van der Waals surface area (Å²) in [5.74, 6) is 1.83. The van der Waals surface area contributed by atoms with Crippen LogP contribution in [0.4, 0.5) is 0 Å². The predicted octanol–water partition coefficient (Wildman–Crippen LogP) is 2.65. The lowest BCUT2D eigenvalue weighted by Crippen LogP contribution is -2.40. The van der Waals surface area contributed by atoms with Gasteiger partial charge in [0, 0.05) is 0 Å². The Labute approximate surface area is 86.3 Å². The van der Waals surface area contributed by atoms with Gasteiger partial charge in [-0.05, 0) is 68.2 Å². The third-order valence-corrected chi connectivity index (χ3v) is 4.08. The van der Waals surface area contributed by atoms with E-state index in [0.29, 0.717) is 0 Å². The van der Waals surface area contributed by atoms with E-state index in [4.69, 9.17) is 0 Å². The van der Waals surface area contributed by atoms with E-state index in [-0.39, 0.29) is 0 Å². The quantitative estimate of drug-likeness (QED) is 0.617. The minimum absolute atomic E-state index is 0.900. The summed E-state index contributed by atoms with van der Waals surface area (Å²) in [5.41, 5.74) is 3.42. The van der Waals surface area contributed by atoms with Crippen LogP contribution in [0.15, 0.2) is 23.3 Å². The van der Waals surface area contributed by atoms with Crippen LogP contribution in [-0.4, -0.2) is 13.1 Å². The van der Waals surface area contributed by atoms with Crippen molar-refractivity contribution in [2.45, 2.75) is 32.1 Å². The first-order valence-corrected chi connectivity index (χ1v) is 6.05. The molecule has 2 fully saturated rings. The molecule has 1 nitrogen and oxygen atoms in total. The number of rotatable bonds is 0. The van der Waals surface area contributed by atoms with Crippen molar-refractivity contribution in [2.24, 2.45) is 11.8 Å². The molecule has 1 N–H and O–H groups in total. The molecule has 3 rings (SSSR count). The van der Waals surface area contributed by atoms with Crippen molar-refractivity contribution < 1.29 is 0 Å². The lowest BCUT2D eigenvalue weighted by atomic mass is 9.69. The van der Waals surface area contributed by atoms with Crippen LogP contribution in [0.3, 0.4) is 0 Å². The van der Waals surface area contributed by atoms with Gasteiger partial charge < -0.3 is 5.32 Å². The molecule has 0 amide bonds. The molecule has 3 aliphatic rings.